The molecule has 0 radical (unpaired) electrons. The van der Waals surface area contributed by atoms with Gasteiger partial charge in [-0.2, -0.15) is 4.68 Å². The quantitative estimate of drug-likeness (QED) is 0.775. The Balaban J connectivity index is 1.60. The highest BCUT2D eigenvalue weighted by molar-refractivity contribution is 5.77. The molecule has 2 aromatic carbocycles. The predicted octanol–water partition coefficient (Wildman–Crippen LogP) is 2.60. The first-order chi connectivity index (χ1) is 12.3. The van der Waals surface area contributed by atoms with Gasteiger partial charge in [-0.15, -0.1) is 0 Å². The minimum atomic E-state index is -0.280. The lowest BCUT2D eigenvalue weighted by molar-refractivity contribution is 0.174. The fraction of sp³-hybridized carbons (Fsp3) is 0.118. The van der Waals surface area contributed by atoms with Crippen LogP contribution in [-0.2, 0) is 0 Å². The molecule has 1 atom stereocenters. The standard InChI is InChI=1S/C17H12FN5O2/c18-12-4-1-10(2-5-12)13-8-14(23-17(19-13)20-21-22-23)11-3-6-15-16(7-11)25-9-24-15/h1-8,14H,9H2,(H,19,20,22). The molecule has 7 nitrogen and oxygen atoms in total. The van der Waals surface area contributed by atoms with Crippen LogP contribution in [0, 0.1) is 5.82 Å². The number of rotatable bonds is 2. The van der Waals surface area contributed by atoms with Crippen LogP contribution >= 0.6 is 0 Å². The van der Waals surface area contributed by atoms with E-state index in [1.807, 2.05) is 24.3 Å². The van der Waals surface area contributed by atoms with Gasteiger partial charge < -0.3 is 14.8 Å². The van der Waals surface area contributed by atoms with E-state index in [0.717, 1.165) is 22.6 Å². The zero-order valence-corrected chi connectivity index (χ0v) is 12.9. The number of fused-ring (bicyclic) bond motifs is 2. The maximum atomic E-state index is 13.2. The minimum absolute atomic E-state index is 0.220. The maximum Gasteiger partial charge on any atom is 0.248 e. The Labute approximate surface area is 141 Å². The van der Waals surface area contributed by atoms with Crippen LogP contribution in [0.3, 0.4) is 0 Å². The Morgan fingerprint density at radius 2 is 1.92 bits per heavy atom. The number of tetrazole rings is 1. The van der Waals surface area contributed by atoms with Gasteiger partial charge in [-0.05, 0) is 64.0 Å². The molecule has 3 heterocycles. The molecule has 3 aromatic rings. The third kappa shape index (κ3) is 2.30. The van der Waals surface area contributed by atoms with E-state index in [4.69, 9.17) is 9.47 Å². The summed E-state index contributed by atoms with van der Waals surface area (Å²) in [6.45, 7) is 0.220. The average Bonchev–Trinajstić information content (AvgIpc) is 3.29. The Bertz CT molecular complexity index is 983. The van der Waals surface area contributed by atoms with Gasteiger partial charge in [-0.25, -0.2) is 4.39 Å². The van der Waals surface area contributed by atoms with Gasteiger partial charge in [0.25, 0.3) is 0 Å². The van der Waals surface area contributed by atoms with E-state index in [-0.39, 0.29) is 18.7 Å². The van der Waals surface area contributed by atoms with Crippen LogP contribution in [-0.4, -0.2) is 27.0 Å². The lowest BCUT2D eigenvalue weighted by Gasteiger charge is -2.23. The molecule has 0 spiro atoms. The second kappa shape index (κ2) is 5.30. The summed E-state index contributed by atoms with van der Waals surface area (Å²) < 4.78 is 25.7. The lowest BCUT2D eigenvalue weighted by atomic mass is 10.0. The number of ether oxygens (including phenoxy) is 2. The molecule has 1 unspecified atom stereocenters. The SMILES string of the molecule is Fc1ccc(C2=CC(c3ccc4c(c3)OCO4)n3nnnc3N2)cc1. The van der Waals surface area contributed by atoms with Gasteiger partial charge in [-0.3, -0.25) is 0 Å². The van der Waals surface area contributed by atoms with Gasteiger partial charge in [0.2, 0.25) is 12.7 Å². The third-order valence-corrected chi connectivity index (χ3v) is 4.22. The third-order valence-electron chi connectivity index (χ3n) is 4.22. The number of hydrogen-bond donors (Lipinski definition) is 1. The van der Waals surface area contributed by atoms with Crippen molar-refractivity contribution in [1.82, 2.24) is 20.2 Å². The molecule has 124 valence electrons. The zero-order chi connectivity index (χ0) is 16.8. The van der Waals surface area contributed by atoms with Crippen molar-refractivity contribution in [2.24, 2.45) is 0 Å². The van der Waals surface area contributed by atoms with Gasteiger partial charge in [0.05, 0.1) is 0 Å². The van der Waals surface area contributed by atoms with Gasteiger partial charge >= 0.3 is 0 Å². The molecule has 0 saturated heterocycles. The molecule has 0 fully saturated rings. The number of benzene rings is 2. The van der Waals surface area contributed by atoms with Crippen LogP contribution in [0.4, 0.5) is 10.3 Å². The molecular weight excluding hydrogens is 325 g/mol. The lowest BCUT2D eigenvalue weighted by Crippen LogP contribution is -2.20. The number of hydrogen-bond acceptors (Lipinski definition) is 6. The second-order valence-corrected chi connectivity index (χ2v) is 5.72. The number of nitrogens with one attached hydrogen (secondary N) is 1. The van der Waals surface area contributed by atoms with E-state index in [1.165, 1.54) is 12.1 Å². The topological polar surface area (TPSA) is 74.1 Å². The van der Waals surface area contributed by atoms with Crippen molar-refractivity contribution >= 4 is 11.6 Å². The molecule has 8 heteroatoms. The van der Waals surface area contributed by atoms with Crippen molar-refractivity contribution in [2.45, 2.75) is 6.04 Å². The van der Waals surface area contributed by atoms with Crippen molar-refractivity contribution in [3.05, 3.63) is 65.5 Å². The summed E-state index contributed by atoms with van der Waals surface area (Å²) in [6, 6.07) is 11.8. The van der Waals surface area contributed by atoms with E-state index >= 15 is 0 Å². The molecule has 1 aromatic heterocycles. The monoisotopic (exact) mass is 337 g/mol. The minimum Gasteiger partial charge on any atom is -0.454 e. The van der Waals surface area contributed by atoms with Crippen LogP contribution in [0.15, 0.2) is 48.5 Å². The van der Waals surface area contributed by atoms with Crippen molar-refractivity contribution in [1.29, 1.82) is 0 Å². The summed E-state index contributed by atoms with van der Waals surface area (Å²) in [5.74, 6) is 1.65. The molecule has 5 rings (SSSR count). The molecule has 0 aliphatic carbocycles. The summed E-state index contributed by atoms with van der Waals surface area (Å²) in [7, 11) is 0. The van der Waals surface area contributed by atoms with Crippen LogP contribution in [0.2, 0.25) is 0 Å². The van der Waals surface area contributed by atoms with E-state index in [9.17, 15) is 4.39 Å². The molecule has 0 amide bonds. The zero-order valence-electron chi connectivity index (χ0n) is 12.9. The predicted molar refractivity (Wildman–Crippen MR) is 86.5 cm³/mol. The highest BCUT2D eigenvalue weighted by Gasteiger charge is 2.26. The van der Waals surface area contributed by atoms with Gasteiger partial charge in [0.1, 0.15) is 11.9 Å². The van der Waals surface area contributed by atoms with Crippen LogP contribution < -0.4 is 14.8 Å². The molecular formula is C17H12FN5O2. The first-order valence-electron chi connectivity index (χ1n) is 7.70. The largest absolute Gasteiger partial charge is 0.454 e. The number of nitrogens with zero attached hydrogens (tertiary/aromatic N) is 4. The normalized spacial score (nSPS) is 17.6. The summed E-state index contributed by atoms with van der Waals surface area (Å²) in [5.41, 5.74) is 2.62. The van der Waals surface area contributed by atoms with Gasteiger partial charge in [0.15, 0.2) is 11.5 Å². The Morgan fingerprint density at radius 1 is 1.08 bits per heavy atom. The highest BCUT2D eigenvalue weighted by Crippen LogP contribution is 2.38. The molecule has 0 saturated carbocycles. The van der Waals surface area contributed by atoms with Gasteiger partial charge in [0, 0.05) is 5.70 Å². The Kier molecular flexibility index (Phi) is 2.96. The maximum absolute atomic E-state index is 13.2. The van der Waals surface area contributed by atoms with Gasteiger partial charge in [-0.1, -0.05) is 11.2 Å². The fourth-order valence-corrected chi connectivity index (χ4v) is 2.99. The molecule has 0 bridgehead atoms. The second-order valence-electron chi connectivity index (χ2n) is 5.72. The fourth-order valence-electron chi connectivity index (χ4n) is 2.99. The number of anilines is 1. The first kappa shape index (κ1) is 14.0. The molecule has 2 aliphatic heterocycles. The van der Waals surface area contributed by atoms with Crippen molar-refractivity contribution in [3.63, 3.8) is 0 Å². The smallest absolute Gasteiger partial charge is 0.248 e. The van der Waals surface area contributed by atoms with E-state index in [0.29, 0.717) is 11.7 Å². The Hall–Kier alpha value is -3.42. The summed E-state index contributed by atoms with van der Waals surface area (Å²) in [6.07, 6.45) is 1.99. The number of aromatic nitrogens is 4. The molecule has 25 heavy (non-hydrogen) atoms. The number of allylic oxidation sites excluding steroid dienone is 1. The van der Waals surface area contributed by atoms with Crippen LogP contribution in [0.1, 0.15) is 17.2 Å². The van der Waals surface area contributed by atoms with Crippen molar-refractivity contribution in [2.75, 3.05) is 12.1 Å². The Morgan fingerprint density at radius 3 is 2.80 bits per heavy atom. The van der Waals surface area contributed by atoms with E-state index < -0.39 is 0 Å². The van der Waals surface area contributed by atoms with Crippen molar-refractivity contribution < 1.29 is 13.9 Å². The first-order valence-corrected chi connectivity index (χ1v) is 7.70. The summed E-state index contributed by atoms with van der Waals surface area (Å²) in [5, 5.41) is 15.0. The number of halogens is 1. The van der Waals surface area contributed by atoms with Crippen LogP contribution in [0.5, 0.6) is 11.5 Å². The molecule has 2 aliphatic rings. The molecule has 1 N–H and O–H groups in total. The van der Waals surface area contributed by atoms with E-state index in [2.05, 4.69) is 20.8 Å². The summed E-state index contributed by atoms with van der Waals surface area (Å²) >= 11 is 0. The summed E-state index contributed by atoms with van der Waals surface area (Å²) in [4.78, 5) is 0. The van der Waals surface area contributed by atoms with E-state index in [1.54, 1.807) is 16.8 Å². The van der Waals surface area contributed by atoms with Crippen LogP contribution in [0.25, 0.3) is 5.70 Å². The average molecular weight is 337 g/mol. The van der Waals surface area contributed by atoms with Crippen molar-refractivity contribution in [3.8, 4) is 11.5 Å². The highest BCUT2D eigenvalue weighted by atomic mass is 19.1.